The fourth-order valence-corrected chi connectivity index (χ4v) is 2.20. The second kappa shape index (κ2) is 7.21. The van der Waals surface area contributed by atoms with Crippen molar-refractivity contribution in [2.75, 3.05) is 7.05 Å². The molecule has 1 aromatic heterocycles. The maximum atomic E-state index is 12.2. The number of nitrogens with zero attached hydrogens (tertiary/aromatic N) is 1. The lowest BCUT2D eigenvalue weighted by molar-refractivity contribution is -0.141. The molecule has 0 fully saturated rings. The summed E-state index contributed by atoms with van der Waals surface area (Å²) >= 11 is 0. The van der Waals surface area contributed by atoms with Gasteiger partial charge in [0.1, 0.15) is 24.2 Å². The van der Waals surface area contributed by atoms with Crippen LogP contribution in [0.1, 0.15) is 34.4 Å². The molecule has 6 heteroatoms. The maximum absolute atomic E-state index is 12.2. The molecule has 0 saturated carbocycles. The predicted octanol–water partition coefficient (Wildman–Crippen LogP) is 3.02. The molecule has 0 spiro atoms. The van der Waals surface area contributed by atoms with Crippen LogP contribution in [0.15, 0.2) is 34.7 Å². The first-order chi connectivity index (χ1) is 11.3. The van der Waals surface area contributed by atoms with Crippen molar-refractivity contribution in [2.45, 2.75) is 33.4 Å². The monoisotopic (exact) mass is 331 g/mol. The second-order valence-corrected chi connectivity index (χ2v) is 5.75. The number of benzene rings is 1. The Morgan fingerprint density at radius 3 is 2.58 bits per heavy atom. The van der Waals surface area contributed by atoms with E-state index < -0.39 is 17.9 Å². The minimum absolute atomic E-state index is 0.0878. The quantitative estimate of drug-likeness (QED) is 0.880. The van der Waals surface area contributed by atoms with Crippen LogP contribution >= 0.6 is 0 Å². The molecule has 0 saturated heterocycles. The number of furan rings is 1. The highest BCUT2D eigenvalue weighted by atomic mass is 16.5. The van der Waals surface area contributed by atoms with Gasteiger partial charge in [-0.2, -0.15) is 0 Å². The van der Waals surface area contributed by atoms with Gasteiger partial charge in [0.05, 0.1) is 0 Å². The van der Waals surface area contributed by atoms with Crippen molar-refractivity contribution in [2.24, 2.45) is 0 Å². The summed E-state index contributed by atoms with van der Waals surface area (Å²) in [6, 6.07) is 8.11. The van der Waals surface area contributed by atoms with Gasteiger partial charge < -0.3 is 19.2 Å². The number of likely N-dealkylation sites (N-methyl/N-ethyl adjacent to an activating group) is 1. The van der Waals surface area contributed by atoms with Crippen molar-refractivity contribution in [1.29, 1.82) is 0 Å². The van der Waals surface area contributed by atoms with Crippen molar-refractivity contribution in [3.8, 4) is 5.75 Å². The summed E-state index contributed by atoms with van der Waals surface area (Å²) in [4.78, 5) is 24.3. The summed E-state index contributed by atoms with van der Waals surface area (Å²) < 4.78 is 11.2. The normalized spacial score (nSPS) is 11.8. The standard InChI is InChI=1S/C18H21NO5/c1-11-5-7-15(12(2)9-11)23-10-14-6-8-16(24-14)17(20)19(4)13(3)18(21)22/h5-9,13H,10H2,1-4H3,(H,21,22). The van der Waals surface area contributed by atoms with Crippen molar-refractivity contribution in [3.63, 3.8) is 0 Å². The molecular formula is C18H21NO5. The molecule has 1 aromatic carbocycles. The number of carboxylic acids is 1. The molecule has 1 heterocycles. The molecule has 1 atom stereocenters. The lowest BCUT2D eigenvalue weighted by atomic mass is 10.1. The van der Waals surface area contributed by atoms with Crippen LogP contribution in [0.5, 0.6) is 5.75 Å². The first-order valence-electron chi connectivity index (χ1n) is 7.58. The number of rotatable bonds is 6. The van der Waals surface area contributed by atoms with Crippen molar-refractivity contribution in [3.05, 3.63) is 53.0 Å². The van der Waals surface area contributed by atoms with Gasteiger partial charge >= 0.3 is 5.97 Å². The highest BCUT2D eigenvalue weighted by molar-refractivity contribution is 5.94. The Bertz CT molecular complexity index is 750. The van der Waals surface area contributed by atoms with Crippen molar-refractivity contribution in [1.82, 2.24) is 4.90 Å². The highest BCUT2D eigenvalue weighted by Crippen LogP contribution is 2.21. The van der Waals surface area contributed by atoms with E-state index in [2.05, 4.69) is 0 Å². The van der Waals surface area contributed by atoms with E-state index in [1.165, 1.54) is 20.0 Å². The van der Waals surface area contributed by atoms with Gasteiger partial charge in [0, 0.05) is 7.05 Å². The lowest BCUT2D eigenvalue weighted by Gasteiger charge is -2.20. The van der Waals surface area contributed by atoms with Crippen molar-refractivity contribution < 1.29 is 23.8 Å². The van der Waals surface area contributed by atoms with E-state index in [1.807, 2.05) is 32.0 Å². The summed E-state index contributed by atoms with van der Waals surface area (Å²) in [6.07, 6.45) is 0. The van der Waals surface area contributed by atoms with Crippen LogP contribution in [0.4, 0.5) is 0 Å². The number of carbonyl (C=O) groups excluding carboxylic acids is 1. The molecule has 2 rings (SSSR count). The summed E-state index contributed by atoms with van der Waals surface area (Å²) in [5.74, 6) is -0.223. The Hall–Kier alpha value is -2.76. The SMILES string of the molecule is Cc1ccc(OCc2ccc(C(=O)N(C)C(C)C(=O)O)o2)c(C)c1. The Balaban J connectivity index is 2.02. The fourth-order valence-electron chi connectivity index (χ4n) is 2.20. The van der Waals surface area contributed by atoms with Crippen LogP contribution in [-0.4, -0.2) is 35.0 Å². The topological polar surface area (TPSA) is 80.0 Å². The van der Waals surface area contributed by atoms with Gasteiger partial charge in [-0.3, -0.25) is 4.79 Å². The molecule has 0 aliphatic heterocycles. The average molecular weight is 331 g/mol. The highest BCUT2D eigenvalue weighted by Gasteiger charge is 2.25. The Morgan fingerprint density at radius 1 is 1.25 bits per heavy atom. The van der Waals surface area contributed by atoms with Crippen LogP contribution in [0.3, 0.4) is 0 Å². The lowest BCUT2D eigenvalue weighted by Crippen LogP contribution is -2.40. The molecule has 0 aliphatic rings. The van der Waals surface area contributed by atoms with Gasteiger partial charge in [0.2, 0.25) is 0 Å². The summed E-state index contributed by atoms with van der Waals surface area (Å²) in [6.45, 7) is 5.60. The zero-order chi connectivity index (χ0) is 17.9. The number of hydrogen-bond donors (Lipinski definition) is 1. The van der Waals surface area contributed by atoms with Crippen LogP contribution in [0.2, 0.25) is 0 Å². The third-order valence-corrected chi connectivity index (χ3v) is 3.83. The Kier molecular flexibility index (Phi) is 5.28. The molecule has 0 bridgehead atoms. The minimum Gasteiger partial charge on any atom is -0.485 e. The zero-order valence-corrected chi connectivity index (χ0v) is 14.2. The number of carboxylic acid groups (broad SMARTS) is 1. The van der Waals surface area contributed by atoms with Gasteiger partial charge in [-0.05, 0) is 44.5 Å². The number of aliphatic carboxylic acids is 1. The molecule has 6 nitrogen and oxygen atoms in total. The number of carbonyl (C=O) groups is 2. The Morgan fingerprint density at radius 2 is 1.96 bits per heavy atom. The third kappa shape index (κ3) is 3.95. The van der Waals surface area contributed by atoms with Crippen LogP contribution in [0, 0.1) is 13.8 Å². The first-order valence-corrected chi connectivity index (χ1v) is 7.58. The van der Waals surface area contributed by atoms with E-state index in [9.17, 15) is 9.59 Å². The van der Waals surface area contributed by atoms with Gasteiger partial charge in [-0.25, -0.2) is 4.79 Å². The van der Waals surface area contributed by atoms with Gasteiger partial charge in [0.15, 0.2) is 5.76 Å². The number of hydrogen-bond acceptors (Lipinski definition) is 4. The summed E-state index contributed by atoms with van der Waals surface area (Å²) in [7, 11) is 1.43. The van der Waals surface area contributed by atoms with Gasteiger partial charge in [-0.15, -0.1) is 0 Å². The molecule has 1 unspecified atom stereocenters. The molecule has 0 radical (unpaired) electrons. The van der Waals surface area contributed by atoms with Crippen molar-refractivity contribution >= 4 is 11.9 Å². The third-order valence-electron chi connectivity index (χ3n) is 3.83. The molecular weight excluding hydrogens is 310 g/mol. The van der Waals surface area contributed by atoms with E-state index >= 15 is 0 Å². The van der Waals surface area contributed by atoms with E-state index in [-0.39, 0.29) is 12.4 Å². The first kappa shape index (κ1) is 17.6. The van der Waals surface area contributed by atoms with Crippen LogP contribution in [0.25, 0.3) is 0 Å². The van der Waals surface area contributed by atoms with E-state index in [0.29, 0.717) is 5.76 Å². The summed E-state index contributed by atoms with van der Waals surface area (Å²) in [5, 5.41) is 8.96. The fraction of sp³-hybridized carbons (Fsp3) is 0.333. The number of aryl methyl sites for hydroxylation is 2. The molecule has 0 aliphatic carbocycles. The number of amides is 1. The largest absolute Gasteiger partial charge is 0.485 e. The van der Waals surface area contributed by atoms with E-state index in [0.717, 1.165) is 21.8 Å². The molecule has 2 aromatic rings. The van der Waals surface area contributed by atoms with E-state index in [1.54, 1.807) is 6.07 Å². The molecule has 128 valence electrons. The predicted molar refractivity (Wildman–Crippen MR) is 88.1 cm³/mol. The smallest absolute Gasteiger partial charge is 0.326 e. The second-order valence-electron chi connectivity index (χ2n) is 5.75. The minimum atomic E-state index is -1.07. The Labute approximate surface area is 140 Å². The van der Waals surface area contributed by atoms with Gasteiger partial charge in [0.25, 0.3) is 5.91 Å². The summed E-state index contributed by atoms with van der Waals surface area (Å²) in [5.41, 5.74) is 2.18. The van der Waals surface area contributed by atoms with Crippen LogP contribution < -0.4 is 4.74 Å². The average Bonchev–Trinajstić information content (AvgIpc) is 3.00. The van der Waals surface area contributed by atoms with E-state index in [4.69, 9.17) is 14.3 Å². The van der Waals surface area contributed by atoms with Gasteiger partial charge in [-0.1, -0.05) is 17.7 Å². The maximum Gasteiger partial charge on any atom is 0.326 e. The molecule has 24 heavy (non-hydrogen) atoms. The number of ether oxygens (including phenoxy) is 1. The molecule has 1 amide bonds. The van der Waals surface area contributed by atoms with Crippen LogP contribution in [-0.2, 0) is 11.4 Å². The zero-order valence-electron chi connectivity index (χ0n) is 14.2. The molecule has 1 N–H and O–H groups in total.